The lowest BCUT2D eigenvalue weighted by Gasteiger charge is -2.01. The van der Waals surface area contributed by atoms with Gasteiger partial charge in [0.25, 0.3) is 0 Å². The van der Waals surface area contributed by atoms with E-state index in [0.717, 1.165) is 34.7 Å². The molecular weight excluding hydrogens is 220 g/mol. The fraction of sp³-hybridized carbons (Fsp3) is 0.364. The monoisotopic (exact) mass is 234 g/mol. The van der Waals surface area contributed by atoms with Crippen LogP contribution >= 0.6 is 12.2 Å². The van der Waals surface area contributed by atoms with Crippen molar-refractivity contribution in [3.8, 4) is 5.82 Å². The van der Waals surface area contributed by atoms with Crippen LogP contribution in [0.5, 0.6) is 0 Å². The maximum Gasteiger partial charge on any atom is 0.175 e. The van der Waals surface area contributed by atoms with E-state index in [-0.39, 0.29) is 0 Å². The summed E-state index contributed by atoms with van der Waals surface area (Å²) in [6, 6.07) is 5.80. The second kappa shape index (κ2) is 4.57. The normalized spacial score (nSPS) is 10.6. The minimum atomic E-state index is 0.734. The highest BCUT2D eigenvalue weighted by atomic mass is 32.1. The Kier molecular flexibility index (Phi) is 3.14. The quantitative estimate of drug-likeness (QED) is 0.830. The molecule has 84 valence electrons. The Morgan fingerprint density at radius 1 is 1.38 bits per heavy atom. The fourth-order valence-corrected chi connectivity index (χ4v) is 1.80. The van der Waals surface area contributed by atoms with E-state index in [1.54, 1.807) is 4.68 Å². The first-order valence-corrected chi connectivity index (χ1v) is 5.73. The Balaban J connectivity index is 2.40. The van der Waals surface area contributed by atoms with Crippen molar-refractivity contribution in [1.29, 1.82) is 0 Å². The second-order valence-corrected chi connectivity index (χ2v) is 4.16. The van der Waals surface area contributed by atoms with Crippen molar-refractivity contribution < 1.29 is 0 Å². The number of aromatic nitrogens is 4. The van der Waals surface area contributed by atoms with Gasteiger partial charge >= 0.3 is 0 Å². The lowest BCUT2D eigenvalue weighted by Crippen LogP contribution is -2.02. The highest BCUT2D eigenvalue weighted by Gasteiger charge is 2.03. The van der Waals surface area contributed by atoms with Gasteiger partial charge < -0.3 is 0 Å². The molecule has 0 aliphatic heterocycles. The minimum absolute atomic E-state index is 0.734. The van der Waals surface area contributed by atoms with E-state index >= 15 is 0 Å². The zero-order chi connectivity index (χ0) is 11.5. The van der Waals surface area contributed by atoms with Crippen LogP contribution in [0.2, 0.25) is 0 Å². The number of aromatic amines is 1. The SMILES string of the molecule is CCCc1cc(=S)n(-c2ccc(C)nn2)[nH]1. The van der Waals surface area contributed by atoms with E-state index in [9.17, 15) is 0 Å². The van der Waals surface area contributed by atoms with Crippen LogP contribution in [-0.4, -0.2) is 20.0 Å². The Morgan fingerprint density at radius 3 is 2.81 bits per heavy atom. The molecule has 4 nitrogen and oxygen atoms in total. The van der Waals surface area contributed by atoms with Gasteiger partial charge in [0.1, 0.15) is 4.64 Å². The zero-order valence-electron chi connectivity index (χ0n) is 9.40. The highest BCUT2D eigenvalue weighted by molar-refractivity contribution is 7.71. The Labute approximate surface area is 99.3 Å². The van der Waals surface area contributed by atoms with Gasteiger partial charge in [0.05, 0.1) is 5.69 Å². The van der Waals surface area contributed by atoms with Crippen LogP contribution in [0.4, 0.5) is 0 Å². The molecule has 0 saturated heterocycles. The molecule has 2 rings (SSSR count). The van der Waals surface area contributed by atoms with Gasteiger partial charge in [0, 0.05) is 5.69 Å². The summed E-state index contributed by atoms with van der Waals surface area (Å²) in [5, 5.41) is 11.3. The third-order valence-electron chi connectivity index (χ3n) is 2.31. The van der Waals surface area contributed by atoms with Gasteiger partial charge in [0.15, 0.2) is 5.82 Å². The van der Waals surface area contributed by atoms with Gasteiger partial charge in [-0.05, 0) is 31.5 Å². The van der Waals surface area contributed by atoms with Crippen molar-refractivity contribution in [2.75, 3.05) is 0 Å². The van der Waals surface area contributed by atoms with E-state index in [2.05, 4.69) is 22.2 Å². The number of aryl methyl sites for hydroxylation is 2. The molecule has 0 fully saturated rings. The molecule has 0 bridgehead atoms. The van der Waals surface area contributed by atoms with E-state index in [1.165, 1.54) is 0 Å². The second-order valence-electron chi connectivity index (χ2n) is 3.74. The van der Waals surface area contributed by atoms with Crippen LogP contribution in [0.25, 0.3) is 5.82 Å². The molecule has 0 aliphatic rings. The van der Waals surface area contributed by atoms with Crippen molar-refractivity contribution in [3.63, 3.8) is 0 Å². The van der Waals surface area contributed by atoms with E-state index < -0.39 is 0 Å². The number of rotatable bonds is 3. The van der Waals surface area contributed by atoms with Gasteiger partial charge in [-0.15, -0.1) is 5.10 Å². The van der Waals surface area contributed by atoms with Crippen LogP contribution in [-0.2, 0) is 6.42 Å². The molecule has 2 heterocycles. The molecule has 2 aromatic heterocycles. The third kappa shape index (κ3) is 2.19. The van der Waals surface area contributed by atoms with Crippen LogP contribution in [0.15, 0.2) is 18.2 Å². The molecule has 5 heteroatoms. The maximum atomic E-state index is 5.27. The van der Waals surface area contributed by atoms with Crippen LogP contribution in [0.1, 0.15) is 24.7 Å². The first kappa shape index (κ1) is 11.0. The number of H-pyrrole nitrogens is 1. The average Bonchev–Trinajstić information content (AvgIpc) is 2.61. The molecule has 0 unspecified atom stereocenters. The molecule has 0 atom stereocenters. The maximum absolute atomic E-state index is 5.27. The first-order chi connectivity index (χ1) is 7.70. The molecule has 0 amide bonds. The summed E-state index contributed by atoms with van der Waals surface area (Å²) in [5.74, 6) is 0.734. The van der Waals surface area contributed by atoms with Gasteiger partial charge in [-0.3, -0.25) is 5.10 Å². The van der Waals surface area contributed by atoms with Gasteiger partial charge in [-0.2, -0.15) is 5.10 Å². The lowest BCUT2D eigenvalue weighted by molar-refractivity contribution is 0.764. The Hall–Kier alpha value is -1.49. The van der Waals surface area contributed by atoms with Gasteiger partial charge in [-0.25, -0.2) is 4.68 Å². The predicted molar refractivity (Wildman–Crippen MR) is 65.3 cm³/mol. The number of hydrogen-bond acceptors (Lipinski definition) is 3. The first-order valence-electron chi connectivity index (χ1n) is 5.32. The van der Waals surface area contributed by atoms with Crippen LogP contribution < -0.4 is 0 Å². The molecule has 16 heavy (non-hydrogen) atoms. The van der Waals surface area contributed by atoms with E-state index in [0.29, 0.717) is 0 Å². The fourth-order valence-electron chi connectivity index (χ4n) is 1.52. The van der Waals surface area contributed by atoms with Gasteiger partial charge in [-0.1, -0.05) is 25.6 Å². The van der Waals surface area contributed by atoms with E-state index in [1.807, 2.05) is 25.1 Å². The molecule has 2 aromatic rings. The lowest BCUT2D eigenvalue weighted by atomic mass is 10.3. The summed E-state index contributed by atoms with van der Waals surface area (Å²) in [6.45, 7) is 4.05. The van der Waals surface area contributed by atoms with Crippen molar-refractivity contribution in [1.82, 2.24) is 20.0 Å². The summed E-state index contributed by atoms with van der Waals surface area (Å²) in [7, 11) is 0. The standard InChI is InChI=1S/C11H14N4S/c1-3-4-9-7-11(16)15(14-9)10-6-5-8(2)12-13-10/h5-7,14H,3-4H2,1-2H3. The summed E-state index contributed by atoms with van der Waals surface area (Å²) in [4.78, 5) is 0. The molecule has 0 saturated carbocycles. The third-order valence-corrected chi connectivity index (χ3v) is 2.61. The summed E-state index contributed by atoms with van der Waals surface area (Å²) >= 11 is 5.27. The number of nitrogens with zero attached hydrogens (tertiary/aromatic N) is 3. The van der Waals surface area contributed by atoms with Crippen LogP contribution in [0.3, 0.4) is 0 Å². The number of nitrogens with one attached hydrogen (secondary N) is 1. The average molecular weight is 234 g/mol. The molecular formula is C11H14N4S. The van der Waals surface area contributed by atoms with Crippen LogP contribution in [0, 0.1) is 11.6 Å². The molecule has 0 aliphatic carbocycles. The molecule has 1 N–H and O–H groups in total. The topological polar surface area (TPSA) is 46.5 Å². The van der Waals surface area contributed by atoms with Crippen molar-refractivity contribution in [2.24, 2.45) is 0 Å². The van der Waals surface area contributed by atoms with Crippen molar-refractivity contribution in [2.45, 2.75) is 26.7 Å². The molecule has 0 spiro atoms. The molecule has 0 radical (unpaired) electrons. The van der Waals surface area contributed by atoms with Gasteiger partial charge in [0.2, 0.25) is 0 Å². The summed E-state index contributed by atoms with van der Waals surface area (Å²) in [6.07, 6.45) is 2.09. The Bertz CT molecular complexity index is 524. The van der Waals surface area contributed by atoms with Crippen molar-refractivity contribution >= 4 is 12.2 Å². The minimum Gasteiger partial charge on any atom is -0.296 e. The summed E-state index contributed by atoms with van der Waals surface area (Å²) < 4.78 is 2.52. The van der Waals surface area contributed by atoms with Crippen molar-refractivity contribution in [3.05, 3.63) is 34.2 Å². The highest BCUT2D eigenvalue weighted by Crippen LogP contribution is 2.08. The predicted octanol–water partition coefficient (Wildman–Crippen LogP) is 2.59. The Morgan fingerprint density at radius 2 is 2.19 bits per heavy atom. The zero-order valence-corrected chi connectivity index (χ0v) is 10.2. The number of hydrogen-bond donors (Lipinski definition) is 1. The smallest absolute Gasteiger partial charge is 0.175 e. The summed E-state index contributed by atoms with van der Waals surface area (Å²) in [5.41, 5.74) is 2.03. The van der Waals surface area contributed by atoms with E-state index in [4.69, 9.17) is 12.2 Å². The largest absolute Gasteiger partial charge is 0.296 e. The molecule has 0 aromatic carbocycles.